The van der Waals surface area contributed by atoms with Gasteiger partial charge < -0.3 is 10.6 Å². The number of likely N-dealkylation sites (N-methyl/N-ethyl adjacent to an activating group) is 1. The van der Waals surface area contributed by atoms with E-state index >= 15 is 0 Å². The topological polar surface area (TPSA) is 49.6 Å². The van der Waals surface area contributed by atoms with Crippen molar-refractivity contribution in [3.05, 3.63) is 0 Å². The molecule has 0 saturated heterocycles. The molecular weight excluding hydrogens is 190 g/mol. The SMILES string of the molecule is CN(C)C(=O)CN(CCCN)C1CCC1. The molecule has 0 atom stereocenters. The lowest BCUT2D eigenvalue weighted by Gasteiger charge is -2.37. The Kier molecular flexibility index (Phi) is 5.05. The van der Waals surface area contributed by atoms with Crippen LogP contribution in [-0.4, -0.2) is 55.5 Å². The van der Waals surface area contributed by atoms with Gasteiger partial charge in [-0.05, 0) is 25.8 Å². The summed E-state index contributed by atoms with van der Waals surface area (Å²) in [7, 11) is 3.62. The first-order valence-corrected chi connectivity index (χ1v) is 5.79. The van der Waals surface area contributed by atoms with Gasteiger partial charge >= 0.3 is 0 Å². The Morgan fingerprint density at radius 1 is 1.40 bits per heavy atom. The number of hydrogen-bond donors (Lipinski definition) is 1. The number of amides is 1. The van der Waals surface area contributed by atoms with Crippen LogP contribution in [0.2, 0.25) is 0 Å². The fourth-order valence-electron chi connectivity index (χ4n) is 1.75. The summed E-state index contributed by atoms with van der Waals surface area (Å²) in [6.45, 7) is 2.22. The molecule has 1 amide bonds. The van der Waals surface area contributed by atoms with E-state index in [1.807, 2.05) is 14.1 Å². The van der Waals surface area contributed by atoms with Crippen molar-refractivity contribution in [2.24, 2.45) is 5.73 Å². The van der Waals surface area contributed by atoms with E-state index in [1.54, 1.807) is 4.90 Å². The molecule has 4 nitrogen and oxygen atoms in total. The van der Waals surface area contributed by atoms with Crippen LogP contribution < -0.4 is 5.73 Å². The predicted octanol–water partition coefficient (Wildman–Crippen LogP) is 0.278. The molecule has 1 saturated carbocycles. The van der Waals surface area contributed by atoms with Crippen LogP contribution in [0.5, 0.6) is 0 Å². The third kappa shape index (κ3) is 3.80. The third-order valence-electron chi connectivity index (χ3n) is 3.08. The molecule has 88 valence electrons. The van der Waals surface area contributed by atoms with Crippen LogP contribution in [0.15, 0.2) is 0 Å². The second-order valence-electron chi connectivity index (χ2n) is 4.49. The molecule has 1 aliphatic carbocycles. The molecule has 4 heteroatoms. The average molecular weight is 213 g/mol. The molecule has 0 spiro atoms. The van der Waals surface area contributed by atoms with Gasteiger partial charge in [0.1, 0.15) is 0 Å². The number of nitrogens with two attached hydrogens (primary N) is 1. The highest BCUT2D eigenvalue weighted by molar-refractivity contribution is 5.77. The van der Waals surface area contributed by atoms with Crippen LogP contribution in [0, 0.1) is 0 Å². The Balaban J connectivity index is 2.37. The zero-order chi connectivity index (χ0) is 11.3. The monoisotopic (exact) mass is 213 g/mol. The van der Waals surface area contributed by atoms with Gasteiger partial charge in [0.05, 0.1) is 6.54 Å². The zero-order valence-electron chi connectivity index (χ0n) is 9.91. The largest absolute Gasteiger partial charge is 0.348 e. The van der Waals surface area contributed by atoms with Crippen molar-refractivity contribution in [3.8, 4) is 0 Å². The highest BCUT2D eigenvalue weighted by Gasteiger charge is 2.26. The summed E-state index contributed by atoms with van der Waals surface area (Å²) in [5, 5.41) is 0. The first kappa shape index (κ1) is 12.5. The van der Waals surface area contributed by atoms with E-state index in [9.17, 15) is 4.79 Å². The molecular formula is C11H23N3O. The minimum absolute atomic E-state index is 0.193. The molecule has 2 N–H and O–H groups in total. The fourth-order valence-corrected chi connectivity index (χ4v) is 1.75. The first-order valence-electron chi connectivity index (χ1n) is 5.79. The molecule has 1 aliphatic rings. The molecule has 0 aromatic rings. The molecule has 0 aromatic heterocycles. The van der Waals surface area contributed by atoms with Gasteiger partial charge in [-0.15, -0.1) is 0 Å². The second-order valence-corrected chi connectivity index (χ2v) is 4.49. The molecule has 15 heavy (non-hydrogen) atoms. The number of nitrogens with zero attached hydrogens (tertiary/aromatic N) is 2. The standard InChI is InChI=1S/C11H23N3O/c1-13(2)11(15)9-14(8-4-7-12)10-5-3-6-10/h10H,3-9,12H2,1-2H3. The quantitative estimate of drug-likeness (QED) is 0.689. The Hall–Kier alpha value is -0.610. The van der Waals surface area contributed by atoms with E-state index in [2.05, 4.69) is 4.90 Å². The summed E-state index contributed by atoms with van der Waals surface area (Å²) in [5.74, 6) is 0.193. The molecule has 0 radical (unpaired) electrons. The van der Waals surface area contributed by atoms with E-state index in [-0.39, 0.29) is 5.91 Å². The minimum atomic E-state index is 0.193. The summed E-state index contributed by atoms with van der Waals surface area (Å²) in [5.41, 5.74) is 5.51. The Morgan fingerprint density at radius 2 is 2.07 bits per heavy atom. The molecule has 0 aromatic carbocycles. The van der Waals surface area contributed by atoms with Gasteiger partial charge in [-0.3, -0.25) is 9.69 Å². The number of rotatable bonds is 6. The number of carbonyl (C=O) groups excluding carboxylic acids is 1. The van der Waals surface area contributed by atoms with Crippen molar-refractivity contribution in [1.82, 2.24) is 9.80 Å². The van der Waals surface area contributed by atoms with E-state index in [0.29, 0.717) is 19.1 Å². The van der Waals surface area contributed by atoms with Crippen molar-refractivity contribution in [1.29, 1.82) is 0 Å². The van der Waals surface area contributed by atoms with Crippen LogP contribution in [0.3, 0.4) is 0 Å². The summed E-state index contributed by atoms with van der Waals surface area (Å²) in [6.07, 6.45) is 4.77. The third-order valence-corrected chi connectivity index (χ3v) is 3.08. The van der Waals surface area contributed by atoms with Crippen LogP contribution in [0.25, 0.3) is 0 Å². The van der Waals surface area contributed by atoms with Crippen LogP contribution in [-0.2, 0) is 4.79 Å². The van der Waals surface area contributed by atoms with E-state index in [1.165, 1.54) is 19.3 Å². The van der Waals surface area contributed by atoms with Crippen molar-refractivity contribution in [3.63, 3.8) is 0 Å². The van der Waals surface area contributed by atoms with E-state index < -0.39 is 0 Å². The van der Waals surface area contributed by atoms with Crippen LogP contribution in [0.4, 0.5) is 0 Å². The van der Waals surface area contributed by atoms with Crippen molar-refractivity contribution < 1.29 is 4.79 Å². The summed E-state index contributed by atoms with van der Waals surface area (Å²) < 4.78 is 0. The molecule has 0 heterocycles. The number of carbonyl (C=O) groups is 1. The van der Waals surface area contributed by atoms with E-state index in [4.69, 9.17) is 5.73 Å². The molecule has 0 unspecified atom stereocenters. The lowest BCUT2D eigenvalue weighted by Crippen LogP contribution is -2.46. The summed E-state index contributed by atoms with van der Waals surface area (Å²) in [4.78, 5) is 15.6. The van der Waals surface area contributed by atoms with Gasteiger partial charge in [0.15, 0.2) is 0 Å². The average Bonchev–Trinajstić information content (AvgIpc) is 2.10. The maximum absolute atomic E-state index is 11.6. The van der Waals surface area contributed by atoms with Crippen molar-refractivity contribution >= 4 is 5.91 Å². The van der Waals surface area contributed by atoms with Gasteiger partial charge in [-0.2, -0.15) is 0 Å². The Labute approximate surface area is 92.4 Å². The molecule has 1 rings (SSSR count). The second kappa shape index (κ2) is 6.08. The van der Waals surface area contributed by atoms with E-state index in [0.717, 1.165) is 13.0 Å². The molecule has 0 aliphatic heterocycles. The molecule has 0 bridgehead atoms. The Bertz CT molecular complexity index is 202. The van der Waals surface area contributed by atoms with Gasteiger partial charge in [-0.25, -0.2) is 0 Å². The summed E-state index contributed by atoms with van der Waals surface area (Å²) in [6, 6.07) is 0.625. The van der Waals surface area contributed by atoms with Crippen LogP contribution in [0.1, 0.15) is 25.7 Å². The summed E-state index contributed by atoms with van der Waals surface area (Å²) >= 11 is 0. The Morgan fingerprint density at radius 3 is 2.47 bits per heavy atom. The lowest BCUT2D eigenvalue weighted by molar-refractivity contribution is -0.131. The van der Waals surface area contributed by atoms with Crippen molar-refractivity contribution in [2.45, 2.75) is 31.7 Å². The first-order chi connectivity index (χ1) is 7.15. The predicted molar refractivity (Wildman–Crippen MR) is 61.6 cm³/mol. The highest BCUT2D eigenvalue weighted by atomic mass is 16.2. The van der Waals surface area contributed by atoms with Gasteiger partial charge in [-0.1, -0.05) is 6.42 Å². The maximum atomic E-state index is 11.6. The normalized spacial score (nSPS) is 16.5. The minimum Gasteiger partial charge on any atom is -0.348 e. The van der Waals surface area contributed by atoms with Gasteiger partial charge in [0.2, 0.25) is 5.91 Å². The van der Waals surface area contributed by atoms with Crippen molar-refractivity contribution in [2.75, 3.05) is 33.7 Å². The zero-order valence-corrected chi connectivity index (χ0v) is 9.91. The van der Waals surface area contributed by atoms with Gasteiger partial charge in [0, 0.05) is 26.7 Å². The maximum Gasteiger partial charge on any atom is 0.236 e. The van der Waals surface area contributed by atoms with Gasteiger partial charge in [0.25, 0.3) is 0 Å². The smallest absolute Gasteiger partial charge is 0.236 e. The fraction of sp³-hybridized carbons (Fsp3) is 0.909. The lowest BCUT2D eigenvalue weighted by atomic mass is 9.91. The highest BCUT2D eigenvalue weighted by Crippen LogP contribution is 2.24. The van der Waals surface area contributed by atoms with Crippen LogP contribution >= 0.6 is 0 Å². The number of hydrogen-bond acceptors (Lipinski definition) is 3. The molecule has 1 fully saturated rings.